The van der Waals surface area contributed by atoms with Crippen LogP contribution in [0.4, 0.5) is 0 Å². The Morgan fingerprint density at radius 2 is 2.33 bits per heavy atom. The van der Waals surface area contributed by atoms with Crippen molar-refractivity contribution in [2.75, 3.05) is 0 Å². The average Bonchev–Trinajstić information content (AvgIpc) is 2.95. The van der Waals surface area contributed by atoms with Crippen LogP contribution in [0.3, 0.4) is 0 Å². The molecule has 18 heavy (non-hydrogen) atoms. The van der Waals surface area contributed by atoms with E-state index in [1.54, 1.807) is 11.7 Å². The molecule has 0 aliphatic carbocycles. The highest BCUT2D eigenvalue weighted by Gasteiger charge is 2.08. The van der Waals surface area contributed by atoms with Gasteiger partial charge in [-0.2, -0.15) is 0 Å². The van der Waals surface area contributed by atoms with Crippen molar-refractivity contribution >= 4 is 28.3 Å². The summed E-state index contributed by atoms with van der Waals surface area (Å²) in [7, 11) is 0. The quantitative estimate of drug-likeness (QED) is 0.756. The smallest absolute Gasteiger partial charge is 0.309 e. The van der Waals surface area contributed by atoms with Gasteiger partial charge in [0.25, 0.3) is 0 Å². The number of aliphatic carboxylic acids is 1. The molecule has 0 saturated heterocycles. The molecule has 0 amide bonds. The summed E-state index contributed by atoms with van der Waals surface area (Å²) in [6, 6.07) is 5.82. The van der Waals surface area contributed by atoms with Gasteiger partial charge in [-0.05, 0) is 18.2 Å². The van der Waals surface area contributed by atoms with Gasteiger partial charge in [0.05, 0.1) is 29.5 Å². The van der Waals surface area contributed by atoms with E-state index < -0.39 is 5.97 Å². The molecular weight excluding hydrogens is 250 g/mol. The molecule has 0 bridgehead atoms. The Morgan fingerprint density at radius 3 is 3.17 bits per heavy atom. The lowest BCUT2D eigenvalue weighted by Gasteiger charge is -1.96. The lowest BCUT2D eigenvalue weighted by atomic mass is 10.2. The molecule has 0 atom stereocenters. The fourth-order valence-corrected chi connectivity index (χ4v) is 2.56. The number of thiazole rings is 1. The number of aromatic amines is 1. The molecule has 90 valence electrons. The van der Waals surface area contributed by atoms with Gasteiger partial charge in [0.15, 0.2) is 0 Å². The van der Waals surface area contributed by atoms with E-state index >= 15 is 0 Å². The Kier molecular flexibility index (Phi) is 2.56. The van der Waals surface area contributed by atoms with Crippen molar-refractivity contribution in [3.63, 3.8) is 0 Å². The monoisotopic (exact) mass is 259 g/mol. The topological polar surface area (TPSA) is 78.9 Å². The van der Waals surface area contributed by atoms with Crippen molar-refractivity contribution < 1.29 is 9.90 Å². The van der Waals surface area contributed by atoms with Crippen molar-refractivity contribution in [3.05, 3.63) is 35.6 Å². The van der Waals surface area contributed by atoms with Gasteiger partial charge in [-0.25, -0.2) is 9.97 Å². The predicted molar refractivity (Wildman–Crippen MR) is 68.5 cm³/mol. The van der Waals surface area contributed by atoms with E-state index in [0.29, 0.717) is 5.69 Å². The molecule has 0 spiro atoms. The van der Waals surface area contributed by atoms with Gasteiger partial charge in [-0.15, -0.1) is 11.3 Å². The summed E-state index contributed by atoms with van der Waals surface area (Å²) >= 11 is 1.45. The van der Waals surface area contributed by atoms with Gasteiger partial charge in [0, 0.05) is 10.9 Å². The Bertz CT molecular complexity index is 717. The van der Waals surface area contributed by atoms with Crippen molar-refractivity contribution in [2.24, 2.45) is 0 Å². The molecule has 6 heteroatoms. The number of nitrogens with one attached hydrogen (secondary N) is 1. The Hall–Kier alpha value is -2.21. The summed E-state index contributed by atoms with van der Waals surface area (Å²) < 4.78 is 0. The number of fused-ring (bicyclic) bond motifs is 1. The van der Waals surface area contributed by atoms with Crippen molar-refractivity contribution in [3.8, 4) is 10.6 Å². The highest BCUT2D eigenvalue weighted by Crippen LogP contribution is 2.26. The predicted octanol–water partition coefficient (Wildman–Crippen LogP) is 2.31. The second-order valence-electron chi connectivity index (χ2n) is 3.85. The summed E-state index contributed by atoms with van der Waals surface area (Å²) in [5, 5.41) is 11.3. The van der Waals surface area contributed by atoms with Crippen LogP contribution in [0.1, 0.15) is 5.69 Å². The maximum atomic E-state index is 10.6. The van der Waals surface area contributed by atoms with E-state index in [1.807, 2.05) is 18.2 Å². The molecule has 2 aromatic heterocycles. The number of hydrogen-bond acceptors (Lipinski definition) is 4. The molecule has 0 unspecified atom stereocenters. The van der Waals surface area contributed by atoms with Crippen LogP contribution in [0.25, 0.3) is 21.6 Å². The third-order valence-electron chi connectivity index (χ3n) is 2.55. The zero-order valence-corrected chi connectivity index (χ0v) is 10.1. The number of hydrogen-bond donors (Lipinski definition) is 2. The summed E-state index contributed by atoms with van der Waals surface area (Å²) in [6.07, 6.45) is 1.61. The first-order valence-corrected chi connectivity index (χ1v) is 6.20. The van der Waals surface area contributed by atoms with Crippen molar-refractivity contribution in [1.29, 1.82) is 0 Å². The first-order chi connectivity index (χ1) is 8.72. The van der Waals surface area contributed by atoms with Gasteiger partial charge in [-0.3, -0.25) is 4.79 Å². The Morgan fingerprint density at radius 1 is 1.44 bits per heavy atom. The van der Waals surface area contributed by atoms with E-state index in [9.17, 15) is 4.79 Å². The molecule has 3 aromatic rings. The normalized spacial score (nSPS) is 10.9. The molecule has 2 N–H and O–H groups in total. The second kappa shape index (κ2) is 4.23. The number of carboxylic acids is 1. The minimum atomic E-state index is -0.865. The zero-order valence-electron chi connectivity index (χ0n) is 9.25. The SMILES string of the molecule is O=C(O)Cc1csc(-c2ccc3nc[nH]c3c2)n1. The maximum Gasteiger partial charge on any atom is 0.309 e. The van der Waals surface area contributed by atoms with Gasteiger partial charge in [-0.1, -0.05) is 0 Å². The van der Waals surface area contributed by atoms with Crippen LogP contribution in [0.15, 0.2) is 29.9 Å². The largest absolute Gasteiger partial charge is 0.481 e. The van der Waals surface area contributed by atoms with Gasteiger partial charge in [0.2, 0.25) is 0 Å². The first-order valence-electron chi connectivity index (χ1n) is 5.32. The molecule has 3 rings (SSSR count). The van der Waals surface area contributed by atoms with Crippen LogP contribution in [0, 0.1) is 0 Å². The third kappa shape index (κ3) is 1.98. The fraction of sp³-hybridized carbons (Fsp3) is 0.0833. The number of rotatable bonds is 3. The molecule has 0 saturated carbocycles. The first kappa shape index (κ1) is 10.9. The van der Waals surface area contributed by atoms with E-state index in [2.05, 4.69) is 15.0 Å². The van der Waals surface area contributed by atoms with Gasteiger partial charge < -0.3 is 10.1 Å². The second-order valence-corrected chi connectivity index (χ2v) is 4.71. The third-order valence-corrected chi connectivity index (χ3v) is 3.49. The standard InChI is InChI=1S/C12H9N3O2S/c16-11(17)4-8-5-18-12(15-8)7-1-2-9-10(3-7)14-6-13-9/h1-3,5-6H,4H2,(H,13,14)(H,16,17). The Labute approximate surface area is 106 Å². The maximum absolute atomic E-state index is 10.6. The van der Waals surface area contributed by atoms with Gasteiger partial charge in [0.1, 0.15) is 5.01 Å². The minimum Gasteiger partial charge on any atom is -0.481 e. The number of aromatic nitrogens is 3. The van der Waals surface area contributed by atoms with E-state index in [4.69, 9.17) is 5.11 Å². The Balaban J connectivity index is 1.97. The number of carboxylic acid groups (broad SMARTS) is 1. The molecule has 0 aliphatic rings. The summed E-state index contributed by atoms with van der Waals surface area (Å²) in [4.78, 5) is 22.1. The molecule has 1 aromatic carbocycles. The average molecular weight is 259 g/mol. The lowest BCUT2D eigenvalue weighted by Crippen LogP contribution is -1.99. The summed E-state index contributed by atoms with van der Waals surface area (Å²) in [5.41, 5.74) is 3.41. The van der Waals surface area contributed by atoms with E-state index in [-0.39, 0.29) is 6.42 Å². The molecular formula is C12H9N3O2S. The number of nitrogens with zero attached hydrogens (tertiary/aromatic N) is 2. The molecule has 0 radical (unpaired) electrons. The van der Waals surface area contributed by atoms with Gasteiger partial charge >= 0.3 is 5.97 Å². The van der Waals surface area contributed by atoms with Crippen molar-refractivity contribution in [2.45, 2.75) is 6.42 Å². The van der Waals surface area contributed by atoms with Crippen LogP contribution in [-0.4, -0.2) is 26.0 Å². The van der Waals surface area contributed by atoms with Crippen LogP contribution < -0.4 is 0 Å². The fourth-order valence-electron chi connectivity index (χ4n) is 1.74. The van der Waals surface area contributed by atoms with Crippen molar-refractivity contribution in [1.82, 2.24) is 15.0 Å². The van der Waals surface area contributed by atoms with Crippen LogP contribution in [0.2, 0.25) is 0 Å². The van der Waals surface area contributed by atoms with Crippen LogP contribution >= 0.6 is 11.3 Å². The number of imidazole rings is 1. The van der Waals surface area contributed by atoms with Crippen LogP contribution in [-0.2, 0) is 11.2 Å². The van der Waals surface area contributed by atoms with E-state index in [0.717, 1.165) is 21.6 Å². The molecule has 5 nitrogen and oxygen atoms in total. The summed E-state index contributed by atoms with van der Waals surface area (Å²) in [5.74, 6) is -0.865. The highest BCUT2D eigenvalue weighted by atomic mass is 32.1. The van der Waals surface area contributed by atoms with Crippen LogP contribution in [0.5, 0.6) is 0 Å². The molecule has 0 aliphatic heterocycles. The molecule has 2 heterocycles. The highest BCUT2D eigenvalue weighted by molar-refractivity contribution is 7.13. The number of H-pyrrole nitrogens is 1. The zero-order chi connectivity index (χ0) is 12.5. The minimum absolute atomic E-state index is 0.0389. The summed E-state index contributed by atoms with van der Waals surface area (Å²) in [6.45, 7) is 0. The molecule has 0 fully saturated rings. The number of benzene rings is 1. The lowest BCUT2D eigenvalue weighted by molar-refractivity contribution is -0.136. The number of carbonyl (C=O) groups is 1. The van der Waals surface area contributed by atoms with E-state index in [1.165, 1.54) is 11.3 Å².